The average molecular weight is 243 g/mol. The number of hydrogen-bond donors (Lipinski definition) is 1. The number of hydrogen-bond acceptors (Lipinski definition) is 2. The van der Waals surface area contributed by atoms with Gasteiger partial charge in [0, 0.05) is 26.1 Å². The van der Waals surface area contributed by atoms with Crippen LogP contribution in [0.5, 0.6) is 0 Å². The molecule has 0 rings (SSSR count). The van der Waals surface area contributed by atoms with Gasteiger partial charge in [-0.05, 0) is 32.1 Å². The Kier molecular flexibility index (Phi) is 10.2. The summed E-state index contributed by atoms with van der Waals surface area (Å²) in [5, 5.41) is 8.69. The molecular formula is C14H29NO2. The first-order valence-electron chi connectivity index (χ1n) is 7.03. The second-order valence-electron chi connectivity index (χ2n) is 4.82. The standard InChI is InChI=1S/C14H29NO2/c1-4-9-13(10-5-2)14(17)15(3)11-7-6-8-12-16/h13,16H,4-12H2,1-3H3. The first-order chi connectivity index (χ1) is 8.17. The summed E-state index contributed by atoms with van der Waals surface area (Å²) in [5.74, 6) is 0.519. The minimum atomic E-state index is 0.216. The molecule has 0 atom stereocenters. The second-order valence-corrected chi connectivity index (χ2v) is 4.82. The zero-order chi connectivity index (χ0) is 13.1. The molecule has 17 heavy (non-hydrogen) atoms. The molecule has 0 aromatic rings. The number of rotatable bonds is 10. The number of carbonyl (C=O) groups is 1. The molecule has 0 aromatic carbocycles. The van der Waals surface area contributed by atoms with Crippen LogP contribution in [-0.2, 0) is 4.79 Å². The third kappa shape index (κ3) is 7.37. The van der Waals surface area contributed by atoms with E-state index in [0.717, 1.165) is 51.5 Å². The Balaban J connectivity index is 3.97. The van der Waals surface area contributed by atoms with E-state index in [1.165, 1.54) is 0 Å². The molecule has 0 radical (unpaired) electrons. The zero-order valence-corrected chi connectivity index (χ0v) is 11.7. The highest BCUT2D eigenvalue weighted by Gasteiger charge is 2.19. The van der Waals surface area contributed by atoms with Crippen LogP contribution in [0.25, 0.3) is 0 Å². The van der Waals surface area contributed by atoms with Crippen molar-refractivity contribution in [2.45, 2.75) is 58.8 Å². The van der Waals surface area contributed by atoms with Crippen LogP contribution in [0.2, 0.25) is 0 Å². The zero-order valence-electron chi connectivity index (χ0n) is 11.7. The third-order valence-electron chi connectivity index (χ3n) is 3.15. The van der Waals surface area contributed by atoms with Gasteiger partial charge in [0.1, 0.15) is 0 Å². The van der Waals surface area contributed by atoms with Crippen molar-refractivity contribution < 1.29 is 9.90 Å². The van der Waals surface area contributed by atoms with Crippen molar-refractivity contribution in [2.75, 3.05) is 20.2 Å². The molecule has 0 bridgehead atoms. The van der Waals surface area contributed by atoms with E-state index >= 15 is 0 Å². The van der Waals surface area contributed by atoms with Crippen molar-refractivity contribution >= 4 is 5.91 Å². The Morgan fingerprint density at radius 2 is 1.71 bits per heavy atom. The van der Waals surface area contributed by atoms with Gasteiger partial charge < -0.3 is 10.0 Å². The largest absolute Gasteiger partial charge is 0.396 e. The van der Waals surface area contributed by atoms with E-state index in [4.69, 9.17) is 5.11 Å². The fourth-order valence-corrected chi connectivity index (χ4v) is 2.15. The van der Waals surface area contributed by atoms with E-state index in [9.17, 15) is 4.79 Å². The lowest BCUT2D eigenvalue weighted by molar-refractivity contribution is -0.134. The summed E-state index contributed by atoms with van der Waals surface area (Å²) >= 11 is 0. The van der Waals surface area contributed by atoms with Crippen LogP contribution in [0.15, 0.2) is 0 Å². The summed E-state index contributed by atoms with van der Waals surface area (Å²) < 4.78 is 0. The van der Waals surface area contributed by atoms with Gasteiger partial charge in [0.15, 0.2) is 0 Å². The molecule has 0 aromatic heterocycles. The molecule has 102 valence electrons. The highest BCUT2D eigenvalue weighted by Crippen LogP contribution is 2.16. The molecule has 0 unspecified atom stereocenters. The SMILES string of the molecule is CCCC(CCC)C(=O)N(C)CCCCCO. The normalized spacial score (nSPS) is 10.9. The molecule has 0 spiro atoms. The lowest BCUT2D eigenvalue weighted by Crippen LogP contribution is -2.33. The summed E-state index contributed by atoms with van der Waals surface area (Å²) in [6.45, 7) is 5.35. The van der Waals surface area contributed by atoms with Gasteiger partial charge >= 0.3 is 0 Å². The van der Waals surface area contributed by atoms with E-state index in [1.807, 2.05) is 11.9 Å². The summed E-state index contributed by atoms with van der Waals surface area (Å²) in [6, 6.07) is 0. The molecule has 3 heteroatoms. The van der Waals surface area contributed by atoms with Crippen LogP contribution in [0, 0.1) is 5.92 Å². The maximum atomic E-state index is 12.2. The highest BCUT2D eigenvalue weighted by molar-refractivity contribution is 5.78. The summed E-state index contributed by atoms with van der Waals surface area (Å²) in [5.41, 5.74) is 0. The first kappa shape index (κ1) is 16.4. The molecule has 0 saturated heterocycles. The van der Waals surface area contributed by atoms with Gasteiger partial charge in [0.2, 0.25) is 5.91 Å². The summed E-state index contributed by atoms with van der Waals surface area (Å²) in [4.78, 5) is 14.0. The Bertz CT molecular complexity index is 189. The maximum absolute atomic E-state index is 12.2. The molecule has 0 saturated carbocycles. The van der Waals surface area contributed by atoms with Crippen molar-refractivity contribution in [3.63, 3.8) is 0 Å². The van der Waals surface area contributed by atoms with E-state index in [-0.39, 0.29) is 12.5 Å². The fraction of sp³-hybridized carbons (Fsp3) is 0.929. The van der Waals surface area contributed by atoms with Crippen LogP contribution < -0.4 is 0 Å². The summed E-state index contributed by atoms with van der Waals surface area (Å²) in [6.07, 6.45) is 7.01. The van der Waals surface area contributed by atoms with Gasteiger partial charge in [0.25, 0.3) is 0 Å². The maximum Gasteiger partial charge on any atom is 0.225 e. The van der Waals surface area contributed by atoms with Gasteiger partial charge in [0.05, 0.1) is 0 Å². The minimum absolute atomic E-state index is 0.216. The summed E-state index contributed by atoms with van der Waals surface area (Å²) in [7, 11) is 1.90. The predicted octanol–water partition coefficient (Wildman–Crippen LogP) is 2.82. The van der Waals surface area contributed by atoms with Gasteiger partial charge in [-0.2, -0.15) is 0 Å². The average Bonchev–Trinajstić information content (AvgIpc) is 2.33. The van der Waals surface area contributed by atoms with Crippen molar-refractivity contribution in [1.29, 1.82) is 0 Å². The van der Waals surface area contributed by atoms with E-state index in [1.54, 1.807) is 0 Å². The number of carbonyl (C=O) groups excluding carboxylic acids is 1. The molecule has 0 aliphatic rings. The fourth-order valence-electron chi connectivity index (χ4n) is 2.15. The lowest BCUT2D eigenvalue weighted by atomic mass is 9.97. The van der Waals surface area contributed by atoms with Gasteiger partial charge in [-0.25, -0.2) is 0 Å². The van der Waals surface area contributed by atoms with Gasteiger partial charge in [-0.1, -0.05) is 26.7 Å². The van der Waals surface area contributed by atoms with Crippen molar-refractivity contribution in [2.24, 2.45) is 5.92 Å². The Hall–Kier alpha value is -0.570. The van der Waals surface area contributed by atoms with E-state index < -0.39 is 0 Å². The Morgan fingerprint density at radius 1 is 1.12 bits per heavy atom. The topological polar surface area (TPSA) is 40.5 Å². The smallest absolute Gasteiger partial charge is 0.225 e. The van der Waals surface area contributed by atoms with Crippen LogP contribution in [0.1, 0.15) is 58.8 Å². The quantitative estimate of drug-likeness (QED) is 0.599. The molecule has 1 amide bonds. The molecule has 3 nitrogen and oxygen atoms in total. The Labute approximate surface area is 106 Å². The lowest BCUT2D eigenvalue weighted by Gasteiger charge is -2.23. The molecule has 0 aliphatic heterocycles. The monoisotopic (exact) mass is 243 g/mol. The minimum Gasteiger partial charge on any atom is -0.396 e. The number of unbranched alkanes of at least 4 members (excludes halogenated alkanes) is 2. The predicted molar refractivity (Wildman–Crippen MR) is 71.9 cm³/mol. The van der Waals surface area contributed by atoms with Crippen LogP contribution in [0.4, 0.5) is 0 Å². The van der Waals surface area contributed by atoms with Crippen LogP contribution >= 0.6 is 0 Å². The van der Waals surface area contributed by atoms with Crippen LogP contribution in [-0.4, -0.2) is 36.1 Å². The van der Waals surface area contributed by atoms with Crippen LogP contribution in [0.3, 0.4) is 0 Å². The molecule has 0 aliphatic carbocycles. The van der Waals surface area contributed by atoms with Gasteiger partial charge in [-0.15, -0.1) is 0 Å². The van der Waals surface area contributed by atoms with Gasteiger partial charge in [-0.3, -0.25) is 4.79 Å². The number of aliphatic hydroxyl groups is 1. The number of amides is 1. The third-order valence-corrected chi connectivity index (χ3v) is 3.15. The molecule has 1 N–H and O–H groups in total. The molecule has 0 fully saturated rings. The van der Waals surface area contributed by atoms with E-state index in [2.05, 4.69) is 13.8 Å². The Morgan fingerprint density at radius 3 is 2.18 bits per heavy atom. The van der Waals surface area contributed by atoms with Crippen molar-refractivity contribution in [1.82, 2.24) is 4.90 Å². The van der Waals surface area contributed by atoms with Crippen molar-refractivity contribution in [3.8, 4) is 0 Å². The highest BCUT2D eigenvalue weighted by atomic mass is 16.2. The molecular weight excluding hydrogens is 214 g/mol. The number of nitrogens with zero attached hydrogens (tertiary/aromatic N) is 1. The second kappa shape index (κ2) is 10.6. The van der Waals surface area contributed by atoms with E-state index in [0.29, 0.717) is 5.91 Å². The van der Waals surface area contributed by atoms with Crippen molar-refractivity contribution in [3.05, 3.63) is 0 Å². The first-order valence-corrected chi connectivity index (χ1v) is 7.03. The number of aliphatic hydroxyl groups excluding tert-OH is 1. The molecule has 0 heterocycles.